The zero-order valence-corrected chi connectivity index (χ0v) is 21.8. The van der Waals surface area contributed by atoms with Gasteiger partial charge in [-0.2, -0.15) is 0 Å². The Hall–Kier alpha value is -1.00. The van der Waals surface area contributed by atoms with E-state index in [1.807, 2.05) is 41.5 Å². The summed E-state index contributed by atoms with van der Waals surface area (Å²) in [5.41, 5.74) is 0. The van der Waals surface area contributed by atoms with Crippen molar-refractivity contribution in [1.82, 2.24) is 0 Å². The predicted molar refractivity (Wildman–Crippen MR) is 106 cm³/mol. The summed E-state index contributed by atoms with van der Waals surface area (Å²) in [5.74, 6) is -4.94. The number of ketones is 2. The number of carboxylic acid groups (broad SMARTS) is 2. The van der Waals surface area contributed by atoms with Crippen molar-refractivity contribution < 1.29 is 35.5 Å². The molecule has 0 saturated heterocycles. The van der Waals surface area contributed by atoms with E-state index < -0.39 is 45.7 Å². The van der Waals surface area contributed by atoms with E-state index in [4.69, 9.17) is 6.15 Å². The van der Waals surface area contributed by atoms with Crippen LogP contribution in [0.25, 0.3) is 0 Å². The van der Waals surface area contributed by atoms with Crippen LogP contribution in [0.15, 0.2) is 0 Å². The number of rotatable bonds is 12. The summed E-state index contributed by atoms with van der Waals surface area (Å²) in [7, 11) is 0. The molecule has 0 aliphatic carbocycles. The van der Waals surface area contributed by atoms with Gasteiger partial charge in [-0.25, -0.2) is 0 Å². The Labute approximate surface area is 186 Å². The molecule has 0 rings (SSSR count). The number of hydrogen-bond acceptors (Lipinski definition) is 8. The van der Waals surface area contributed by atoms with Crippen molar-refractivity contribution in [2.75, 3.05) is 0 Å². The van der Waals surface area contributed by atoms with Crippen LogP contribution in [0.2, 0.25) is 0 Å². The molecule has 0 aromatic carbocycles. The minimum absolute atomic E-state index is 0.318. The summed E-state index contributed by atoms with van der Waals surface area (Å²) in [6.07, 6.45) is 2.84. The molecule has 2 atom stereocenters. The van der Waals surface area contributed by atoms with Gasteiger partial charge in [-0.15, -0.1) is 0 Å². The summed E-state index contributed by atoms with van der Waals surface area (Å²) in [6.45, 7) is 14.3. The molecule has 0 aliphatic heterocycles. The average Bonchev–Trinajstić information content (AvgIpc) is 2.56. The maximum atomic E-state index is 10.6. The normalized spacial score (nSPS) is 11.9. The second-order valence-corrected chi connectivity index (χ2v) is 8.78. The molecule has 0 amide bonds. The Morgan fingerprint density at radius 2 is 1.00 bits per heavy atom. The van der Waals surface area contributed by atoms with Gasteiger partial charge in [0.1, 0.15) is 11.6 Å². The van der Waals surface area contributed by atoms with Crippen molar-refractivity contribution in [1.29, 1.82) is 0 Å². The van der Waals surface area contributed by atoms with Gasteiger partial charge in [-0.05, 0) is 26.7 Å². The topological polar surface area (TPSA) is 133 Å². The van der Waals surface area contributed by atoms with Gasteiger partial charge in [-0.1, -0.05) is 26.7 Å². The molecule has 0 aromatic rings. The third-order valence-corrected chi connectivity index (χ3v) is 6.51. The summed E-state index contributed by atoms with van der Waals surface area (Å²) >= 11 is -0.929. The van der Waals surface area contributed by atoms with E-state index in [1.54, 1.807) is 0 Å². The van der Waals surface area contributed by atoms with Gasteiger partial charge < -0.3 is 19.8 Å². The van der Waals surface area contributed by atoms with Crippen LogP contribution < -0.4 is 10.2 Å². The number of carboxylic acids is 2. The average molecular weight is 523 g/mol. The molecule has 0 spiro atoms. The first kappa shape index (κ1) is 32.7. The molecule has 2 unspecified atom stereocenters. The minimum Gasteiger partial charge on any atom is -0.549 e. The summed E-state index contributed by atoms with van der Waals surface area (Å²) in [6, 6.07) is 0. The Bertz CT molecular complexity index is 407. The number of aliphatic carboxylic acids is 2. The first-order valence-electron chi connectivity index (χ1n) is 9.80. The van der Waals surface area contributed by atoms with Gasteiger partial charge in [0.2, 0.25) is 0 Å². The van der Waals surface area contributed by atoms with Gasteiger partial charge >= 0.3 is 68.0 Å². The second-order valence-electron chi connectivity index (χ2n) is 6.96. The molecular formula is C20H36O8Sn. The zero-order chi connectivity index (χ0) is 23.6. The maximum absolute atomic E-state index is 10.6. The number of Topliss-reactive ketones (excluding diaryl/α,β-unsaturated/α-hetero) is 2. The molecule has 9 heteroatoms. The minimum atomic E-state index is -1.26. The van der Waals surface area contributed by atoms with E-state index in [0.29, 0.717) is 37.9 Å². The van der Waals surface area contributed by atoms with Crippen LogP contribution in [0, 0.1) is 11.8 Å². The van der Waals surface area contributed by atoms with Crippen molar-refractivity contribution >= 4 is 45.5 Å². The van der Waals surface area contributed by atoms with Gasteiger partial charge in [0.15, 0.2) is 0 Å². The fourth-order valence-corrected chi connectivity index (χ4v) is 3.03. The van der Waals surface area contributed by atoms with Gasteiger partial charge in [0.25, 0.3) is 0 Å². The predicted octanol–water partition coefficient (Wildman–Crippen LogP) is 0.854. The molecular weight excluding hydrogens is 487 g/mol. The quantitative estimate of drug-likeness (QED) is 0.272. The Morgan fingerprint density at radius 1 is 0.724 bits per heavy atom. The van der Waals surface area contributed by atoms with E-state index in [-0.39, 0.29) is 11.6 Å². The van der Waals surface area contributed by atoms with E-state index >= 15 is 0 Å². The van der Waals surface area contributed by atoms with Crippen LogP contribution >= 0.6 is 0 Å². The molecule has 0 aliphatic rings. The molecule has 29 heavy (non-hydrogen) atoms. The standard InChI is InChI=1S/2C7H12O3.2C3H7O.Sn/c2*1-3-4-6(5(2)8)7(9)10;2*1-3(2)4;/h2*6H,3-4H2,1-2H3,(H,9,10);2*3H,1-2H3;/q;;2*-1;+4/p-2. The van der Waals surface area contributed by atoms with E-state index in [1.165, 1.54) is 13.8 Å². The molecule has 0 N–H and O–H groups in total. The van der Waals surface area contributed by atoms with Crippen molar-refractivity contribution in [2.45, 2.75) is 93.3 Å². The maximum Gasteiger partial charge on any atom is 0.138 e. The van der Waals surface area contributed by atoms with Crippen LogP contribution in [-0.4, -0.2) is 57.7 Å². The summed E-state index contributed by atoms with van der Waals surface area (Å²) in [4.78, 5) is 41.5. The van der Waals surface area contributed by atoms with Crippen LogP contribution in [0.4, 0.5) is 0 Å². The van der Waals surface area contributed by atoms with Crippen LogP contribution in [0.3, 0.4) is 0 Å². The molecule has 0 saturated carbocycles. The monoisotopic (exact) mass is 524 g/mol. The van der Waals surface area contributed by atoms with Crippen molar-refractivity contribution in [3.8, 4) is 0 Å². The number of carbonyl (C=O) groups excluding carboxylic acids is 4. The van der Waals surface area contributed by atoms with Crippen LogP contribution in [-0.2, 0) is 25.3 Å². The zero-order valence-electron chi connectivity index (χ0n) is 18.9. The van der Waals surface area contributed by atoms with Gasteiger partial charge in [0, 0.05) is 0 Å². The fourth-order valence-electron chi connectivity index (χ4n) is 1.77. The van der Waals surface area contributed by atoms with E-state index in [2.05, 4.69) is 0 Å². The summed E-state index contributed by atoms with van der Waals surface area (Å²) < 4.78 is 10.6. The smallest absolute Gasteiger partial charge is 0.138 e. The molecule has 0 radical (unpaired) electrons. The van der Waals surface area contributed by atoms with Gasteiger partial charge in [-0.3, -0.25) is 9.59 Å². The molecule has 0 aromatic heterocycles. The van der Waals surface area contributed by atoms with Crippen molar-refractivity contribution in [2.24, 2.45) is 11.8 Å². The number of carbonyl (C=O) groups is 4. The molecule has 8 nitrogen and oxygen atoms in total. The first-order valence-corrected chi connectivity index (χ1v) is 12.1. The molecule has 0 bridgehead atoms. The van der Waals surface area contributed by atoms with E-state index in [0.717, 1.165) is 0 Å². The van der Waals surface area contributed by atoms with Crippen LogP contribution in [0.1, 0.15) is 81.1 Å². The largest absolute Gasteiger partial charge is 0.549 e. The number of hydrogen-bond donors (Lipinski definition) is 0. The SMILES string of the molecule is CC(C)[O][Sn+2][O]C(C)C.CCCC(C(C)=O)C(=O)[O-].CCCC(C(C)=O)C(=O)[O-]. The van der Waals surface area contributed by atoms with Crippen molar-refractivity contribution in [3.63, 3.8) is 0 Å². The third kappa shape index (κ3) is 23.1. The van der Waals surface area contributed by atoms with E-state index in [9.17, 15) is 29.4 Å². The molecule has 0 fully saturated rings. The second kappa shape index (κ2) is 20.3. The molecule has 168 valence electrons. The Balaban J connectivity index is -0.000000350. The Kier molecular flexibility index (Phi) is 22.8. The fraction of sp³-hybridized carbons (Fsp3) is 0.800. The first-order chi connectivity index (χ1) is 13.3. The van der Waals surface area contributed by atoms with Gasteiger partial charge in [0.05, 0.1) is 23.8 Å². The third-order valence-electron chi connectivity index (χ3n) is 3.27. The molecule has 0 heterocycles. The summed E-state index contributed by atoms with van der Waals surface area (Å²) in [5, 5.41) is 20.4. The van der Waals surface area contributed by atoms with Crippen molar-refractivity contribution in [3.05, 3.63) is 0 Å². The Morgan fingerprint density at radius 3 is 1.10 bits per heavy atom. The van der Waals surface area contributed by atoms with Crippen LogP contribution in [0.5, 0.6) is 0 Å².